The Kier molecular flexibility index (Phi) is 3.47. The van der Waals surface area contributed by atoms with Crippen molar-refractivity contribution in [1.82, 2.24) is 9.55 Å². The number of carbonyl (C=O) groups is 1. The van der Waals surface area contributed by atoms with Crippen LogP contribution in [0.5, 0.6) is 0 Å². The predicted octanol–water partition coefficient (Wildman–Crippen LogP) is 2.55. The van der Waals surface area contributed by atoms with Gasteiger partial charge in [0.1, 0.15) is 11.2 Å². The molecule has 0 saturated carbocycles. The third kappa shape index (κ3) is 2.07. The van der Waals surface area contributed by atoms with Gasteiger partial charge in [-0.15, -0.1) is 0 Å². The largest absolute Gasteiger partial charge is 0.387 e. The van der Waals surface area contributed by atoms with Crippen LogP contribution in [0.4, 0.5) is 5.69 Å². The molecule has 0 spiro atoms. The van der Waals surface area contributed by atoms with Crippen LogP contribution < -0.4 is 10.9 Å². The van der Waals surface area contributed by atoms with E-state index in [0.29, 0.717) is 23.3 Å². The average molecular weight is 293 g/mol. The lowest BCUT2D eigenvalue weighted by molar-refractivity contribution is 0.112. The van der Waals surface area contributed by atoms with Crippen molar-refractivity contribution < 1.29 is 4.79 Å². The van der Waals surface area contributed by atoms with E-state index in [4.69, 9.17) is 0 Å². The minimum Gasteiger partial charge on any atom is -0.387 e. The van der Waals surface area contributed by atoms with Gasteiger partial charge in [-0.25, -0.2) is 4.98 Å². The van der Waals surface area contributed by atoms with Crippen LogP contribution in [0.2, 0.25) is 0 Å². The monoisotopic (exact) mass is 293 g/mol. The summed E-state index contributed by atoms with van der Waals surface area (Å²) < 4.78 is 1.48. The van der Waals surface area contributed by atoms with Crippen LogP contribution >= 0.6 is 0 Å². The second kappa shape index (κ2) is 5.44. The molecule has 0 unspecified atom stereocenters. The molecule has 0 atom stereocenters. The molecule has 3 aromatic rings. The van der Waals surface area contributed by atoms with Crippen molar-refractivity contribution in [3.8, 4) is 5.69 Å². The number of hydrogen-bond donors (Lipinski definition) is 1. The van der Waals surface area contributed by atoms with Crippen LogP contribution in [0.15, 0.2) is 47.3 Å². The molecule has 2 aromatic heterocycles. The summed E-state index contributed by atoms with van der Waals surface area (Å²) in [6.45, 7) is 1.87. The Balaban J connectivity index is 2.55. The Morgan fingerprint density at radius 3 is 2.50 bits per heavy atom. The van der Waals surface area contributed by atoms with Crippen molar-refractivity contribution >= 4 is 23.0 Å². The van der Waals surface area contributed by atoms with Crippen LogP contribution in [0.3, 0.4) is 0 Å². The second-order valence-corrected chi connectivity index (χ2v) is 4.96. The van der Waals surface area contributed by atoms with Gasteiger partial charge in [0.25, 0.3) is 5.56 Å². The molecule has 0 bridgehead atoms. The van der Waals surface area contributed by atoms with E-state index in [-0.39, 0.29) is 11.1 Å². The lowest BCUT2D eigenvalue weighted by atomic mass is 10.1. The number of nitrogens with one attached hydrogen (secondary N) is 1. The zero-order valence-corrected chi connectivity index (χ0v) is 12.3. The third-order valence-corrected chi connectivity index (χ3v) is 3.58. The molecule has 0 saturated heterocycles. The summed E-state index contributed by atoms with van der Waals surface area (Å²) in [5, 5.41) is 3.68. The number of nitrogens with zero attached hydrogens (tertiary/aromatic N) is 2. The Morgan fingerprint density at radius 2 is 1.86 bits per heavy atom. The number of pyridine rings is 2. The van der Waals surface area contributed by atoms with Crippen LogP contribution in [0, 0.1) is 6.92 Å². The van der Waals surface area contributed by atoms with Gasteiger partial charge in [0.05, 0.1) is 11.4 Å². The molecular weight excluding hydrogens is 278 g/mol. The molecule has 1 aromatic carbocycles. The molecule has 0 aliphatic carbocycles. The number of anilines is 1. The molecule has 0 amide bonds. The Morgan fingerprint density at radius 1 is 1.14 bits per heavy atom. The van der Waals surface area contributed by atoms with E-state index in [1.807, 2.05) is 49.4 Å². The van der Waals surface area contributed by atoms with Crippen molar-refractivity contribution in [2.75, 3.05) is 12.4 Å². The molecule has 0 aliphatic heterocycles. The summed E-state index contributed by atoms with van der Waals surface area (Å²) in [7, 11) is 1.69. The maximum absolute atomic E-state index is 12.8. The second-order valence-electron chi connectivity index (χ2n) is 4.96. The first-order valence-corrected chi connectivity index (χ1v) is 6.92. The van der Waals surface area contributed by atoms with Crippen LogP contribution in [0.1, 0.15) is 16.1 Å². The highest BCUT2D eigenvalue weighted by molar-refractivity contribution is 5.99. The number of aldehydes is 1. The van der Waals surface area contributed by atoms with Gasteiger partial charge in [-0.3, -0.25) is 14.2 Å². The Hall–Kier alpha value is -2.95. The normalized spacial score (nSPS) is 10.6. The molecular formula is C17H15N3O2. The van der Waals surface area contributed by atoms with E-state index in [1.54, 1.807) is 7.05 Å². The van der Waals surface area contributed by atoms with Gasteiger partial charge in [-0.2, -0.15) is 0 Å². The standard InChI is InChI=1S/C17H15N3O2/c1-11-8-9-13-15(18-2)14(10-21)17(22)20(16(13)19-11)12-6-4-3-5-7-12/h3-10,18H,1-2H3. The first kappa shape index (κ1) is 14.0. The summed E-state index contributed by atoms with van der Waals surface area (Å²) in [6.07, 6.45) is 0.590. The van der Waals surface area contributed by atoms with Crippen molar-refractivity contribution in [3.63, 3.8) is 0 Å². The van der Waals surface area contributed by atoms with Crippen molar-refractivity contribution in [2.45, 2.75) is 6.92 Å². The summed E-state index contributed by atoms with van der Waals surface area (Å²) >= 11 is 0. The fourth-order valence-corrected chi connectivity index (χ4v) is 2.57. The Labute approximate surface area is 127 Å². The molecule has 110 valence electrons. The number of aromatic nitrogens is 2. The highest BCUT2D eigenvalue weighted by Crippen LogP contribution is 2.25. The Bertz CT molecular complexity index is 915. The number of rotatable bonds is 3. The fraction of sp³-hybridized carbons (Fsp3) is 0.118. The molecule has 3 rings (SSSR count). The highest BCUT2D eigenvalue weighted by atomic mass is 16.1. The van der Waals surface area contributed by atoms with Gasteiger partial charge in [0.2, 0.25) is 0 Å². The van der Waals surface area contributed by atoms with Crippen molar-refractivity contribution in [3.05, 3.63) is 64.1 Å². The summed E-state index contributed by atoms with van der Waals surface area (Å²) in [5.74, 6) is 0. The molecule has 5 nitrogen and oxygen atoms in total. The highest BCUT2D eigenvalue weighted by Gasteiger charge is 2.17. The molecule has 22 heavy (non-hydrogen) atoms. The molecule has 5 heteroatoms. The lowest BCUT2D eigenvalue weighted by Gasteiger charge is -2.15. The van der Waals surface area contributed by atoms with E-state index in [9.17, 15) is 9.59 Å². The minimum atomic E-state index is -0.379. The van der Waals surface area contributed by atoms with Crippen LogP contribution in [-0.2, 0) is 0 Å². The average Bonchev–Trinajstić information content (AvgIpc) is 2.54. The maximum atomic E-state index is 12.8. The topological polar surface area (TPSA) is 64.0 Å². The summed E-state index contributed by atoms with van der Waals surface area (Å²) in [5.41, 5.74) is 2.25. The number of benzene rings is 1. The number of aryl methyl sites for hydroxylation is 1. The molecule has 2 heterocycles. The van der Waals surface area contributed by atoms with Gasteiger partial charge in [0.15, 0.2) is 6.29 Å². The van der Waals surface area contributed by atoms with Crippen LogP contribution in [-0.4, -0.2) is 22.9 Å². The summed E-state index contributed by atoms with van der Waals surface area (Å²) in [6, 6.07) is 12.9. The number of fused-ring (bicyclic) bond motifs is 1. The number of para-hydroxylation sites is 1. The molecule has 0 fully saturated rings. The van der Waals surface area contributed by atoms with E-state index in [2.05, 4.69) is 10.3 Å². The van der Waals surface area contributed by atoms with E-state index in [1.165, 1.54) is 4.57 Å². The van der Waals surface area contributed by atoms with Gasteiger partial charge in [-0.05, 0) is 31.2 Å². The third-order valence-electron chi connectivity index (χ3n) is 3.58. The van der Waals surface area contributed by atoms with Crippen molar-refractivity contribution in [2.24, 2.45) is 0 Å². The molecule has 1 N–H and O–H groups in total. The van der Waals surface area contributed by atoms with Gasteiger partial charge in [-0.1, -0.05) is 18.2 Å². The SMILES string of the molecule is CNc1c(C=O)c(=O)n(-c2ccccc2)c2nc(C)ccc12. The first-order chi connectivity index (χ1) is 10.7. The summed E-state index contributed by atoms with van der Waals surface area (Å²) in [4.78, 5) is 28.7. The van der Waals surface area contributed by atoms with Crippen molar-refractivity contribution in [1.29, 1.82) is 0 Å². The molecule has 0 aliphatic rings. The number of carbonyl (C=O) groups excluding carboxylic acids is 1. The van der Waals surface area contributed by atoms with Gasteiger partial charge >= 0.3 is 0 Å². The van der Waals surface area contributed by atoms with E-state index in [0.717, 1.165) is 11.1 Å². The maximum Gasteiger partial charge on any atom is 0.269 e. The zero-order chi connectivity index (χ0) is 15.7. The fourth-order valence-electron chi connectivity index (χ4n) is 2.57. The quantitative estimate of drug-likeness (QED) is 0.754. The first-order valence-electron chi connectivity index (χ1n) is 6.92. The number of hydrogen-bond acceptors (Lipinski definition) is 4. The van der Waals surface area contributed by atoms with E-state index < -0.39 is 0 Å². The van der Waals surface area contributed by atoms with Gasteiger partial charge < -0.3 is 5.32 Å². The van der Waals surface area contributed by atoms with Crippen LogP contribution in [0.25, 0.3) is 16.7 Å². The minimum absolute atomic E-state index is 0.101. The lowest BCUT2D eigenvalue weighted by Crippen LogP contribution is -2.25. The zero-order valence-electron chi connectivity index (χ0n) is 12.3. The smallest absolute Gasteiger partial charge is 0.269 e. The van der Waals surface area contributed by atoms with E-state index >= 15 is 0 Å². The predicted molar refractivity (Wildman–Crippen MR) is 87.0 cm³/mol. The molecule has 0 radical (unpaired) electrons. The van der Waals surface area contributed by atoms with Gasteiger partial charge in [0, 0.05) is 18.1 Å².